The van der Waals surface area contributed by atoms with Crippen LogP contribution in [0.5, 0.6) is 0 Å². The van der Waals surface area contributed by atoms with Gasteiger partial charge in [-0.25, -0.2) is 0 Å². The molecule has 0 radical (unpaired) electrons. The molecule has 1 rings (SSSR count). The van der Waals surface area contributed by atoms with Gasteiger partial charge in [-0.2, -0.15) is 0 Å². The van der Waals surface area contributed by atoms with Crippen molar-refractivity contribution in [3.8, 4) is 0 Å². The first-order valence-electron chi connectivity index (χ1n) is 6.89. The molecule has 1 N–H and O–H groups in total. The standard InChI is InChI=1S/C14H27NO3/c1-14(2,3)9-13(16)15-6-4-7-17-10-12-5-8-18-11-12/h12H,4-11H2,1-3H3,(H,15,16)/t12-/m1/s1. The van der Waals surface area contributed by atoms with Crippen molar-refractivity contribution < 1.29 is 14.3 Å². The quantitative estimate of drug-likeness (QED) is 0.709. The molecule has 1 amide bonds. The molecule has 0 unspecified atom stereocenters. The molecule has 0 aliphatic carbocycles. The molecule has 1 aliphatic heterocycles. The molecule has 0 spiro atoms. The Bertz CT molecular complexity index is 242. The maximum Gasteiger partial charge on any atom is 0.220 e. The number of hydrogen-bond acceptors (Lipinski definition) is 3. The minimum Gasteiger partial charge on any atom is -0.381 e. The van der Waals surface area contributed by atoms with Crippen LogP contribution < -0.4 is 5.32 Å². The second kappa shape index (κ2) is 7.74. The lowest BCUT2D eigenvalue weighted by Gasteiger charge is -2.17. The van der Waals surface area contributed by atoms with Crippen LogP contribution in [0.25, 0.3) is 0 Å². The highest BCUT2D eigenvalue weighted by Gasteiger charge is 2.16. The van der Waals surface area contributed by atoms with Gasteiger partial charge in [-0.15, -0.1) is 0 Å². The fourth-order valence-electron chi connectivity index (χ4n) is 1.91. The molecule has 1 fully saturated rings. The molecule has 1 saturated heterocycles. The Morgan fingerprint density at radius 1 is 1.44 bits per heavy atom. The topological polar surface area (TPSA) is 47.6 Å². The van der Waals surface area contributed by atoms with Gasteiger partial charge in [-0.3, -0.25) is 4.79 Å². The molecule has 4 nitrogen and oxygen atoms in total. The minimum atomic E-state index is 0.0586. The first-order valence-corrected chi connectivity index (χ1v) is 6.89. The lowest BCUT2D eigenvalue weighted by Crippen LogP contribution is -2.29. The van der Waals surface area contributed by atoms with E-state index in [1.54, 1.807) is 0 Å². The number of rotatable bonds is 7. The Balaban J connectivity index is 1.90. The van der Waals surface area contributed by atoms with Gasteiger partial charge in [-0.1, -0.05) is 20.8 Å². The molecule has 4 heteroatoms. The number of carbonyl (C=O) groups excluding carboxylic acids is 1. The van der Waals surface area contributed by atoms with Crippen LogP contribution in [-0.4, -0.2) is 38.9 Å². The fraction of sp³-hybridized carbons (Fsp3) is 0.929. The van der Waals surface area contributed by atoms with E-state index in [4.69, 9.17) is 9.47 Å². The van der Waals surface area contributed by atoms with Crippen LogP contribution >= 0.6 is 0 Å². The van der Waals surface area contributed by atoms with Gasteiger partial charge < -0.3 is 14.8 Å². The van der Waals surface area contributed by atoms with E-state index in [1.807, 2.05) is 0 Å². The van der Waals surface area contributed by atoms with Crippen LogP contribution in [0.15, 0.2) is 0 Å². The second-order valence-corrected chi connectivity index (χ2v) is 6.25. The zero-order valence-corrected chi connectivity index (χ0v) is 12.0. The van der Waals surface area contributed by atoms with Gasteiger partial charge in [0.2, 0.25) is 5.91 Å². The Hall–Kier alpha value is -0.610. The van der Waals surface area contributed by atoms with E-state index in [2.05, 4.69) is 26.1 Å². The highest BCUT2D eigenvalue weighted by Crippen LogP contribution is 2.17. The van der Waals surface area contributed by atoms with E-state index >= 15 is 0 Å². The number of carbonyl (C=O) groups is 1. The highest BCUT2D eigenvalue weighted by molar-refractivity contribution is 5.76. The summed E-state index contributed by atoms with van der Waals surface area (Å²) in [5.74, 6) is 0.701. The van der Waals surface area contributed by atoms with E-state index in [9.17, 15) is 4.79 Å². The molecule has 1 heterocycles. The normalized spacial score (nSPS) is 20.1. The van der Waals surface area contributed by atoms with Gasteiger partial charge in [0.25, 0.3) is 0 Å². The summed E-state index contributed by atoms with van der Waals surface area (Å²) in [6, 6.07) is 0. The third kappa shape index (κ3) is 7.67. The molecular formula is C14H27NO3. The maximum atomic E-state index is 11.5. The summed E-state index contributed by atoms with van der Waals surface area (Å²) >= 11 is 0. The molecule has 0 aromatic carbocycles. The van der Waals surface area contributed by atoms with Crippen molar-refractivity contribution in [3.63, 3.8) is 0 Å². The van der Waals surface area contributed by atoms with Crippen molar-refractivity contribution in [1.82, 2.24) is 5.32 Å². The van der Waals surface area contributed by atoms with Crippen molar-refractivity contribution in [2.45, 2.75) is 40.0 Å². The first kappa shape index (κ1) is 15.4. The van der Waals surface area contributed by atoms with Crippen LogP contribution in [0.2, 0.25) is 0 Å². The zero-order valence-electron chi connectivity index (χ0n) is 12.0. The van der Waals surface area contributed by atoms with Crippen LogP contribution in [0.3, 0.4) is 0 Å². The lowest BCUT2D eigenvalue weighted by molar-refractivity contribution is -0.122. The summed E-state index contributed by atoms with van der Waals surface area (Å²) in [6.45, 7) is 10.1. The average Bonchev–Trinajstić information content (AvgIpc) is 2.73. The van der Waals surface area contributed by atoms with E-state index in [0.29, 0.717) is 25.5 Å². The molecule has 106 valence electrons. The van der Waals surface area contributed by atoms with Crippen molar-refractivity contribution in [1.29, 1.82) is 0 Å². The van der Waals surface area contributed by atoms with Gasteiger partial charge in [0.1, 0.15) is 0 Å². The van der Waals surface area contributed by atoms with Gasteiger partial charge >= 0.3 is 0 Å². The number of amides is 1. The van der Waals surface area contributed by atoms with Crippen LogP contribution in [-0.2, 0) is 14.3 Å². The average molecular weight is 257 g/mol. The van der Waals surface area contributed by atoms with Crippen molar-refractivity contribution in [2.24, 2.45) is 11.3 Å². The molecule has 0 saturated carbocycles. The minimum absolute atomic E-state index is 0.0586. The Morgan fingerprint density at radius 2 is 2.22 bits per heavy atom. The van der Waals surface area contributed by atoms with Crippen molar-refractivity contribution in [2.75, 3.05) is 33.0 Å². The third-order valence-electron chi connectivity index (χ3n) is 2.86. The molecule has 1 aliphatic rings. The number of ether oxygens (including phenoxy) is 2. The third-order valence-corrected chi connectivity index (χ3v) is 2.86. The predicted octanol–water partition coefficient (Wildman–Crippen LogP) is 1.98. The smallest absolute Gasteiger partial charge is 0.220 e. The molecule has 0 aromatic heterocycles. The van der Waals surface area contributed by atoms with E-state index in [0.717, 1.165) is 32.7 Å². The molecule has 18 heavy (non-hydrogen) atoms. The van der Waals surface area contributed by atoms with Crippen LogP contribution in [0.1, 0.15) is 40.0 Å². The summed E-state index contributed by atoms with van der Waals surface area (Å²) in [5, 5.41) is 2.92. The van der Waals surface area contributed by atoms with E-state index in [-0.39, 0.29) is 11.3 Å². The summed E-state index contributed by atoms with van der Waals surface area (Å²) < 4.78 is 10.8. The molecule has 1 atom stereocenters. The van der Waals surface area contributed by atoms with Crippen molar-refractivity contribution >= 4 is 5.91 Å². The monoisotopic (exact) mass is 257 g/mol. The first-order chi connectivity index (χ1) is 8.47. The summed E-state index contributed by atoms with van der Waals surface area (Å²) in [5.41, 5.74) is 0.0586. The second-order valence-electron chi connectivity index (χ2n) is 6.25. The lowest BCUT2D eigenvalue weighted by atomic mass is 9.92. The summed E-state index contributed by atoms with van der Waals surface area (Å²) in [7, 11) is 0. The predicted molar refractivity (Wildman–Crippen MR) is 71.4 cm³/mol. The van der Waals surface area contributed by atoms with Gasteiger partial charge in [0.05, 0.1) is 13.2 Å². The van der Waals surface area contributed by atoms with Gasteiger partial charge in [0, 0.05) is 32.1 Å². The van der Waals surface area contributed by atoms with Gasteiger partial charge in [-0.05, 0) is 18.3 Å². The summed E-state index contributed by atoms with van der Waals surface area (Å²) in [4.78, 5) is 11.5. The zero-order chi connectivity index (χ0) is 13.4. The van der Waals surface area contributed by atoms with E-state index < -0.39 is 0 Å². The maximum absolute atomic E-state index is 11.5. The Morgan fingerprint density at radius 3 is 2.83 bits per heavy atom. The molecule has 0 bridgehead atoms. The number of nitrogens with one attached hydrogen (secondary N) is 1. The molecular weight excluding hydrogens is 230 g/mol. The summed E-state index contributed by atoms with van der Waals surface area (Å²) in [6.07, 6.45) is 2.57. The van der Waals surface area contributed by atoms with Crippen LogP contribution in [0, 0.1) is 11.3 Å². The molecule has 0 aromatic rings. The van der Waals surface area contributed by atoms with Crippen LogP contribution in [0.4, 0.5) is 0 Å². The van der Waals surface area contributed by atoms with E-state index in [1.165, 1.54) is 0 Å². The Kier molecular flexibility index (Phi) is 6.65. The SMILES string of the molecule is CC(C)(C)CC(=O)NCCCOC[C@H]1CCOC1. The number of hydrogen-bond donors (Lipinski definition) is 1. The highest BCUT2D eigenvalue weighted by atomic mass is 16.5. The fourth-order valence-corrected chi connectivity index (χ4v) is 1.91. The largest absolute Gasteiger partial charge is 0.381 e. The Labute approximate surface area is 110 Å². The van der Waals surface area contributed by atoms with Gasteiger partial charge in [0.15, 0.2) is 0 Å². The van der Waals surface area contributed by atoms with Crippen molar-refractivity contribution in [3.05, 3.63) is 0 Å².